The van der Waals surface area contributed by atoms with Crippen LogP contribution in [0.25, 0.3) is 0 Å². The lowest BCUT2D eigenvalue weighted by molar-refractivity contribution is -0.150. The van der Waals surface area contributed by atoms with Gasteiger partial charge < -0.3 is 14.4 Å². The van der Waals surface area contributed by atoms with Crippen LogP contribution in [0.5, 0.6) is 0 Å². The Morgan fingerprint density at radius 3 is 2.84 bits per heavy atom. The van der Waals surface area contributed by atoms with Gasteiger partial charge in [0.1, 0.15) is 12.8 Å². The maximum atomic E-state index is 11.8. The van der Waals surface area contributed by atoms with Gasteiger partial charge in [0, 0.05) is 12.3 Å². The maximum absolute atomic E-state index is 11.8. The molecular weight excluding hydrogens is 266 g/mol. The molecule has 1 aliphatic rings. The van der Waals surface area contributed by atoms with Crippen molar-refractivity contribution in [1.29, 1.82) is 0 Å². The number of carbonyl (C=O) groups is 2. The summed E-state index contributed by atoms with van der Waals surface area (Å²) in [5.41, 5.74) is 1.03. The van der Waals surface area contributed by atoms with E-state index >= 15 is 0 Å². The summed E-state index contributed by atoms with van der Waals surface area (Å²) in [6, 6.07) is 9.68. The third kappa shape index (κ3) is 3.71. The zero-order valence-electron chi connectivity index (χ0n) is 10.6. The summed E-state index contributed by atoms with van der Waals surface area (Å²) in [5, 5.41) is -0.0290. The quantitative estimate of drug-likeness (QED) is 0.771. The van der Waals surface area contributed by atoms with Gasteiger partial charge in [0.25, 0.3) is 5.24 Å². The largest absolute Gasteiger partial charge is 0.467 e. The first-order valence-electron chi connectivity index (χ1n) is 5.86. The summed E-state index contributed by atoms with van der Waals surface area (Å²) in [4.78, 5) is 24.5. The fourth-order valence-electron chi connectivity index (χ4n) is 1.74. The molecule has 2 rings (SSSR count). The molecule has 1 unspecified atom stereocenters. The number of thioether (sulfide) groups is 1. The zero-order chi connectivity index (χ0) is 13.7. The molecule has 0 radical (unpaired) electrons. The molecular formula is C13H15NO4S. The van der Waals surface area contributed by atoms with Crippen molar-refractivity contribution in [3.05, 3.63) is 35.9 Å². The average molecular weight is 281 g/mol. The summed E-state index contributed by atoms with van der Waals surface area (Å²) in [6.07, 6.45) is -0.378. The lowest BCUT2D eigenvalue weighted by atomic mass is 10.2. The predicted molar refractivity (Wildman–Crippen MR) is 71.6 cm³/mol. The molecule has 0 bridgehead atoms. The summed E-state index contributed by atoms with van der Waals surface area (Å²) in [7, 11) is 1.31. The third-order valence-corrected chi connectivity index (χ3v) is 3.68. The topological polar surface area (TPSA) is 55.8 Å². The van der Waals surface area contributed by atoms with Crippen molar-refractivity contribution in [2.75, 3.05) is 19.5 Å². The second-order valence-corrected chi connectivity index (χ2v) is 5.00. The van der Waals surface area contributed by atoms with Crippen LogP contribution >= 0.6 is 11.8 Å². The van der Waals surface area contributed by atoms with Crippen molar-refractivity contribution in [3.63, 3.8) is 0 Å². The second-order valence-electron chi connectivity index (χ2n) is 4.03. The Labute approximate surface area is 115 Å². The predicted octanol–water partition coefficient (Wildman–Crippen LogP) is 1.87. The van der Waals surface area contributed by atoms with Crippen LogP contribution in [-0.4, -0.2) is 41.8 Å². The average Bonchev–Trinajstić information content (AvgIpc) is 2.78. The summed E-state index contributed by atoms with van der Waals surface area (Å²) < 4.78 is 9.94. The molecule has 19 heavy (non-hydrogen) atoms. The van der Waals surface area contributed by atoms with Crippen molar-refractivity contribution < 1.29 is 19.1 Å². The molecule has 1 aromatic carbocycles. The molecule has 1 saturated heterocycles. The van der Waals surface area contributed by atoms with Gasteiger partial charge in [-0.15, -0.1) is 0 Å². The maximum Gasteiger partial charge on any atom is 0.331 e. The molecule has 102 valence electrons. The standard InChI is InChI=1S/C13H15NO4S/c1-17-12(15)8-18-11-9-19-13(16)14(11)7-10-5-3-2-4-6-10/h2-6,11H,7-9H2,1H3. The first-order valence-corrected chi connectivity index (χ1v) is 6.85. The van der Waals surface area contributed by atoms with Crippen LogP contribution in [-0.2, 0) is 20.8 Å². The van der Waals surface area contributed by atoms with Crippen molar-refractivity contribution in [3.8, 4) is 0 Å². The van der Waals surface area contributed by atoms with Gasteiger partial charge in [-0.1, -0.05) is 42.1 Å². The van der Waals surface area contributed by atoms with Crippen LogP contribution in [0.15, 0.2) is 30.3 Å². The van der Waals surface area contributed by atoms with Gasteiger partial charge >= 0.3 is 5.97 Å². The van der Waals surface area contributed by atoms with Gasteiger partial charge in [0.2, 0.25) is 0 Å². The molecule has 6 heteroatoms. The monoisotopic (exact) mass is 281 g/mol. The van der Waals surface area contributed by atoms with Crippen molar-refractivity contribution >= 4 is 23.0 Å². The molecule has 0 spiro atoms. The first kappa shape index (κ1) is 13.9. The molecule has 0 aliphatic carbocycles. The molecule has 5 nitrogen and oxygen atoms in total. The number of hydrogen-bond donors (Lipinski definition) is 0. The first-order chi connectivity index (χ1) is 9.20. The van der Waals surface area contributed by atoms with Gasteiger partial charge in [-0.2, -0.15) is 0 Å². The number of amides is 1. The Morgan fingerprint density at radius 1 is 1.42 bits per heavy atom. The highest BCUT2D eigenvalue weighted by Gasteiger charge is 2.32. The molecule has 1 heterocycles. The minimum absolute atomic E-state index is 0.0290. The fraction of sp³-hybridized carbons (Fsp3) is 0.385. The third-order valence-electron chi connectivity index (χ3n) is 2.75. The SMILES string of the molecule is COC(=O)COC1CSC(=O)N1Cc1ccccc1. The van der Waals surface area contributed by atoms with Crippen LogP contribution in [0, 0.1) is 0 Å². The van der Waals surface area contributed by atoms with Gasteiger partial charge in [0.15, 0.2) is 0 Å². The smallest absolute Gasteiger partial charge is 0.331 e. The fourth-order valence-corrected chi connectivity index (χ4v) is 2.65. The Bertz CT molecular complexity index is 451. The lowest BCUT2D eigenvalue weighted by Crippen LogP contribution is -2.36. The normalized spacial score (nSPS) is 18.7. The Hall–Kier alpha value is -1.53. The van der Waals surface area contributed by atoms with Crippen LogP contribution < -0.4 is 0 Å². The van der Waals surface area contributed by atoms with E-state index in [1.54, 1.807) is 4.90 Å². The van der Waals surface area contributed by atoms with Gasteiger partial charge in [-0.3, -0.25) is 4.79 Å². The van der Waals surface area contributed by atoms with Crippen LogP contribution in [0.4, 0.5) is 4.79 Å². The Balaban J connectivity index is 1.96. The zero-order valence-corrected chi connectivity index (χ0v) is 11.4. The minimum Gasteiger partial charge on any atom is -0.467 e. The number of nitrogens with zero attached hydrogens (tertiary/aromatic N) is 1. The van der Waals surface area contributed by atoms with Crippen LogP contribution in [0.3, 0.4) is 0 Å². The van der Waals surface area contributed by atoms with Crippen molar-refractivity contribution in [1.82, 2.24) is 4.90 Å². The van der Waals surface area contributed by atoms with Gasteiger partial charge in [0.05, 0.1) is 7.11 Å². The van der Waals surface area contributed by atoms with E-state index in [0.717, 1.165) is 5.56 Å². The molecule has 0 N–H and O–H groups in total. The molecule has 1 fully saturated rings. The number of ether oxygens (including phenoxy) is 2. The van der Waals surface area contributed by atoms with E-state index in [1.807, 2.05) is 30.3 Å². The molecule has 0 saturated carbocycles. The number of benzene rings is 1. The highest BCUT2D eigenvalue weighted by atomic mass is 32.2. The highest BCUT2D eigenvalue weighted by molar-refractivity contribution is 8.13. The summed E-state index contributed by atoms with van der Waals surface area (Å²) in [5.74, 6) is 0.0897. The van der Waals surface area contributed by atoms with E-state index in [-0.39, 0.29) is 18.1 Å². The molecule has 1 aliphatic heterocycles. The van der Waals surface area contributed by atoms with E-state index in [0.29, 0.717) is 12.3 Å². The lowest BCUT2D eigenvalue weighted by Gasteiger charge is -2.23. The molecule has 1 atom stereocenters. The van der Waals surface area contributed by atoms with Gasteiger partial charge in [-0.25, -0.2) is 4.79 Å². The Kier molecular flexibility index (Phi) is 4.81. The van der Waals surface area contributed by atoms with Crippen LogP contribution in [0.2, 0.25) is 0 Å². The van der Waals surface area contributed by atoms with E-state index < -0.39 is 5.97 Å². The second kappa shape index (κ2) is 6.58. The van der Waals surface area contributed by atoms with Crippen LogP contribution in [0.1, 0.15) is 5.56 Å². The number of rotatable bonds is 5. The van der Waals surface area contributed by atoms with Crippen molar-refractivity contribution in [2.24, 2.45) is 0 Å². The summed E-state index contributed by atoms with van der Waals surface area (Å²) in [6.45, 7) is 0.346. The van der Waals surface area contributed by atoms with E-state index in [4.69, 9.17) is 4.74 Å². The highest BCUT2D eigenvalue weighted by Crippen LogP contribution is 2.26. The summed E-state index contributed by atoms with van der Waals surface area (Å²) >= 11 is 1.20. The number of methoxy groups -OCH3 is 1. The number of hydrogen-bond acceptors (Lipinski definition) is 5. The Morgan fingerprint density at radius 2 is 2.16 bits per heavy atom. The number of esters is 1. The van der Waals surface area contributed by atoms with E-state index in [1.165, 1.54) is 18.9 Å². The molecule has 0 aromatic heterocycles. The van der Waals surface area contributed by atoms with E-state index in [9.17, 15) is 9.59 Å². The molecule has 1 aromatic rings. The minimum atomic E-state index is -0.441. The van der Waals surface area contributed by atoms with Gasteiger partial charge in [-0.05, 0) is 5.56 Å². The number of carbonyl (C=O) groups excluding carboxylic acids is 2. The molecule has 1 amide bonds. The van der Waals surface area contributed by atoms with Crippen molar-refractivity contribution in [2.45, 2.75) is 12.8 Å². The van der Waals surface area contributed by atoms with E-state index in [2.05, 4.69) is 4.74 Å².